The van der Waals surface area contributed by atoms with E-state index in [0.717, 1.165) is 6.54 Å². The van der Waals surface area contributed by atoms with Crippen molar-refractivity contribution < 1.29 is 0 Å². The van der Waals surface area contributed by atoms with Crippen molar-refractivity contribution in [2.75, 3.05) is 20.6 Å². The van der Waals surface area contributed by atoms with Gasteiger partial charge in [0.05, 0.1) is 0 Å². The molecule has 1 unspecified atom stereocenters. The molecule has 1 fully saturated rings. The van der Waals surface area contributed by atoms with Crippen molar-refractivity contribution >= 4 is 10.8 Å². The summed E-state index contributed by atoms with van der Waals surface area (Å²) >= 11 is 0. The minimum absolute atomic E-state index is 0.189. The van der Waals surface area contributed by atoms with Gasteiger partial charge in [-0.3, -0.25) is 4.90 Å². The molecule has 0 amide bonds. The molecule has 2 nitrogen and oxygen atoms in total. The third-order valence-electron chi connectivity index (χ3n) is 7.56. The predicted molar refractivity (Wildman–Crippen MR) is 122 cm³/mol. The third-order valence-corrected chi connectivity index (χ3v) is 7.56. The topological polar surface area (TPSA) is 15.3 Å². The Balaban J connectivity index is 1.25. The number of nitrogens with zero attached hydrogens (tertiary/aromatic N) is 1. The van der Waals surface area contributed by atoms with Crippen molar-refractivity contribution in [3.63, 3.8) is 0 Å². The monoisotopic (exact) mass is 384 g/mol. The highest BCUT2D eigenvalue weighted by Crippen LogP contribution is 2.42. The van der Waals surface area contributed by atoms with Gasteiger partial charge in [0.25, 0.3) is 0 Å². The zero-order valence-electron chi connectivity index (χ0n) is 17.7. The van der Waals surface area contributed by atoms with Gasteiger partial charge in [-0.05, 0) is 73.7 Å². The van der Waals surface area contributed by atoms with Gasteiger partial charge in [-0.15, -0.1) is 0 Å². The maximum atomic E-state index is 3.95. The predicted octanol–water partition coefficient (Wildman–Crippen LogP) is 5.47. The minimum atomic E-state index is 0.189. The van der Waals surface area contributed by atoms with Crippen LogP contribution < -0.4 is 5.32 Å². The van der Waals surface area contributed by atoms with Gasteiger partial charge in [0.2, 0.25) is 0 Å². The molecule has 0 saturated heterocycles. The van der Waals surface area contributed by atoms with Gasteiger partial charge in [-0.1, -0.05) is 66.7 Å². The molecule has 5 rings (SSSR count). The van der Waals surface area contributed by atoms with Crippen LogP contribution in [0.25, 0.3) is 10.8 Å². The van der Waals surface area contributed by atoms with Gasteiger partial charge < -0.3 is 5.32 Å². The molecule has 2 heteroatoms. The smallest absolute Gasteiger partial charge is 0.0455 e. The first kappa shape index (κ1) is 18.8. The van der Waals surface area contributed by atoms with Crippen LogP contribution in [-0.2, 0) is 12.0 Å². The molecule has 2 aliphatic carbocycles. The Morgan fingerprint density at radius 2 is 1.62 bits per heavy atom. The summed E-state index contributed by atoms with van der Waals surface area (Å²) in [7, 11) is 4.49. The van der Waals surface area contributed by atoms with Gasteiger partial charge >= 0.3 is 0 Å². The summed E-state index contributed by atoms with van der Waals surface area (Å²) in [5, 5.41) is 6.87. The molecule has 29 heavy (non-hydrogen) atoms. The van der Waals surface area contributed by atoms with Crippen molar-refractivity contribution in [2.24, 2.45) is 0 Å². The number of hydrogen-bond acceptors (Lipinski definition) is 2. The van der Waals surface area contributed by atoms with E-state index >= 15 is 0 Å². The third kappa shape index (κ3) is 3.29. The molecule has 1 atom stereocenters. The Labute approximate surface area is 174 Å². The van der Waals surface area contributed by atoms with E-state index in [0.29, 0.717) is 12.0 Å². The van der Waals surface area contributed by atoms with Crippen LogP contribution in [-0.4, -0.2) is 31.6 Å². The maximum Gasteiger partial charge on any atom is 0.0455 e. The standard InChI is InChI=1S/C27H32N2/c1-29(2)27(23-11-4-3-5-12-23)16-14-24(15-17-27)28-19-22-18-21-10-6-8-20-9-7-13-25(22)26(20)21/h3-13,22,24,28H,14-19H2,1-2H3. The van der Waals surface area contributed by atoms with Crippen LogP contribution in [0.2, 0.25) is 0 Å². The second-order valence-electron chi connectivity index (χ2n) is 9.24. The number of nitrogens with one attached hydrogen (secondary N) is 1. The highest BCUT2D eigenvalue weighted by Gasteiger charge is 2.38. The Morgan fingerprint density at radius 3 is 2.34 bits per heavy atom. The quantitative estimate of drug-likeness (QED) is 0.627. The van der Waals surface area contributed by atoms with Crippen LogP contribution in [0.15, 0.2) is 66.7 Å². The van der Waals surface area contributed by atoms with Crippen LogP contribution >= 0.6 is 0 Å². The zero-order valence-corrected chi connectivity index (χ0v) is 17.7. The summed E-state index contributed by atoms with van der Waals surface area (Å²) in [5.74, 6) is 0.616. The van der Waals surface area contributed by atoms with E-state index in [4.69, 9.17) is 0 Å². The van der Waals surface area contributed by atoms with E-state index in [1.54, 1.807) is 5.56 Å². The molecule has 0 aromatic heterocycles. The lowest BCUT2D eigenvalue weighted by Gasteiger charge is -2.46. The first-order chi connectivity index (χ1) is 14.2. The fourth-order valence-electron chi connectivity index (χ4n) is 5.87. The highest BCUT2D eigenvalue weighted by molar-refractivity contribution is 5.91. The van der Waals surface area contributed by atoms with Crippen molar-refractivity contribution in [2.45, 2.75) is 49.6 Å². The molecule has 3 aromatic rings. The first-order valence-corrected chi connectivity index (χ1v) is 11.1. The number of hydrogen-bond donors (Lipinski definition) is 1. The molecule has 150 valence electrons. The fourth-order valence-corrected chi connectivity index (χ4v) is 5.87. The van der Waals surface area contributed by atoms with Gasteiger partial charge in [-0.25, -0.2) is 0 Å². The minimum Gasteiger partial charge on any atom is -0.313 e. The SMILES string of the molecule is CN(C)C1(c2ccccc2)CCC(NCC2Cc3cccc4cccc2c34)CC1. The molecule has 0 radical (unpaired) electrons. The van der Waals surface area contributed by atoms with Crippen molar-refractivity contribution in [1.82, 2.24) is 10.2 Å². The Kier molecular flexibility index (Phi) is 4.93. The molecule has 0 aliphatic heterocycles. The molecule has 3 aromatic carbocycles. The van der Waals surface area contributed by atoms with Crippen LogP contribution in [0.1, 0.15) is 48.3 Å². The van der Waals surface area contributed by atoms with Crippen molar-refractivity contribution in [3.05, 3.63) is 83.4 Å². The summed E-state index contributed by atoms with van der Waals surface area (Å²) in [4.78, 5) is 2.45. The summed E-state index contributed by atoms with van der Waals surface area (Å²) in [6, 6.07) is 25.4. The van der Waals surface area contributed by atoms with Gasteiger partial charge in [0, 0.05) is 24.0 Å². The number of rotatable bonds is 5. The first-order valence-electron chi connectivity index (χ1n) is 11.1. The molecule has 1 N–H and O–H groups in total. The van der Waals surface area contributed by atoms with E-state index in [-0.39, 0.29) is 5.54 Å². The molecular formula is C27H32N2. The molecule has 0 bridgehead atoms. The lowest BCUT2D eigenvalue weighted by atomic mass is 9.74. The van der Waals surface area contributed by atoms with Gasteiger partial charge in [0.1, 0.15) is 0 Å². The lowest BCUT2D eigenvalue weighted by Crippen LogP contribution is -2.48. The Hall–Kier alpha value is -2.16. The second kappa shape index (κ2) is 7.59. The fraction of sp³-hybridized carbons (Fsp3) is 0.407. The summed E-state index contributed by atoms with van der Waals surface area (Å²) < 4.78 is 0. The average molecular weight is 385 g/mol. The Morgan fingerprint density at radius 1 is 0.897 bits per heavy atom. The normalized spacial score (nSPS) is 26.3. The van der Waals surface area contributed by atoms with E-state index in [1.165, 1.54) is 54.0 Å². The summed E-state index contributed by atoms with van der Waals surface area (Å²) in [6.45, 7) is 1.10. The van der Waals surface area contributed by atoms with Crippen LogP contribution in [0.5, 0.6) is 0 Å². The Bertz CT molecular complexity index is 979. The van der Waals surface area contributed by atoms with E-state index in [1.807, 2.05) is 0 Å². The van der Waals surface area contributed by atoms with Crippen LogP contribution in [0.3, 0.4) is 0 Å². The van der Waals surface area contributed by atoms with Crippen molar-refractivity contribution in [1.29, 1.82) is 0 Å². The van der Waals surface area contributed by atoms with E-state index in [2.05, 4.69) is 91.0 Å². The van der Waals surface area contributed by atoms with Crippen molar-refractivity contribution in [3.8, 4) is 0 Å². The van der Waals surface area contributed by atoms with E-state index in [9.17, 15) is 0 Å². The van der Waals surface area contributed by atoms with Gasteiger partial charge in [-0.2, -0.15) is 0 Å². The van der Waals surface area contributed by atoms with Crippen LogP contribution in [0, 0.1) is 0 Å². The molecule has 2 aliphatic rings. The zero-order chi connectivity index (χ0) is 19.8. The molecule has 0 spiro atoms. The summed E-state index contributed by atoms with van der Waals surface area (Å²) in [6.07, 6.45) is 6.13. The second-order valence-corrected chi connectivity index (χ2v) is 9.24. The molecule has 1 saturated carbocycles. The van der Waals surface area contributed by atoms with Crippen LogP contribution in [0.4, 0.5) is 0 Å². The molecular weight excluding hydrogens is 352 g/mol. The summed E-state index contributed by atoms with van der Waals surface area (Å²) in [5.41, 5.74) is 4.74. The number of benzene rings is 3. The highest BCUT2D eigenvalue weighted by atomic mass is 15.1. The maximum absolute atomic E-state index is 3.95. The largest absolute Gasteiger partial charge is 0.313 e. The van der Waals surface area contributed by atoms with Gasteiger partial charge in [0.15, 0.2) is 0 Å². The van der Waals surface area contributed by atoms with E-state index < -0.39 is 0 Å². The molecule has 0 heterocycles. The lowest BCUT2D eigenvalue weighted by molar-refractivity contribution is 0.0854. The average Bonchev–Trinajstić information content (AvgIpc) is 3.13.